The van der Waals surface area contributed by atoms with Crippen LogP contribution >= 0.6 is 11.3 Å². The Balaban J connectivity index is 1.90. The second kappa shape index (κ2) is 6.80. The molecule has 0 aliphatic heterocycles. The number of thiazole rings is 1. The van der Waals surface area contributed by atoms with Gasteiger partial charge >= 0.3 is 0 Å². The molecule has 1 amide bonds. The van der Waals surface area contributed by atoms with Gasteiger partial charge in [-0.25, -0.2) is 4.98 Å². The van der Waals surface area contributed by atoms with Gasteiger partial charge in [-0.2, -0.15) is 0 Å². The van der Waals surface area contributed by atoms with Gasteiger partial charge in [0.1, 0.15) is 5.56 Å². The van der Waals surface area contributed by atoms with Crippen molar-refractivity contribution < 1.29 is 4.79 Å². The van der Waals surface area contributed by atoms with Crippen molar-refractivity contribution in [3.05, 3.63) is 61.3 Å². The van der Waals surface area contributed by atoms with Gasteiger partial charge in [0.2, 0.25) is 5.43 Å². The first-order valence-corrected chi connectivity index (χ1v) is 9.05. The van der Waals surface area contributed by atoms with Crippen molar-refractivity contribution in [1.29, 1.82) is 0 Å². The number of hydrogen-bond acceptors (Lipinski definition) is 4. The molecule has 0 spiro atoms. The summed E-state index contributed by atoms with van der Waals surface area (Å²) in [5.41, 5.74) is 2.68. The van der Waals surface area contributed by atoms with E-state index in [1.807, 2.05) is 43.7 Å². The maximum absolute atomic E-state index is 12.7. The fraction of sp³-hybridized carbons (Fsp3) is 0.316. The monoisotopic (exact) mass is 355 g/mol. The number of amides is 1. The predicted octanol–water partition coefficient (Wildman–Crippen LogP) is 3.10. The minimum atomic E-state index is -0.352. The quantitative estimate of drug-likeness (QED) is 0.782. The van der Waals surface area contributed by atoms with E-state index in [9.17, 15) is 9.59 Å². The molecule has 2 heterocycles. The van der Waals surface area contributed by atoms with E-state index in [4.69, 9.17) is 0 Å². The summed E-state index contributed by atoms with van der Waals surface area (Å²) >= 11 is 1.60. The Morgan fingerprint density at radius 2 is 2.08 bits per heavy atom. The molecule has 25 heavy (non-hydrogen) atoms. The lowest BCUT2D eigenvalue weighted by atomic mass is 10.1. The van der Waals surface area contributed by atoms with Gasteiger partial charge in [-0.3, -0.25) is 9.59 Å². The van der Waals surface area contributed by atoms with Crippen LogP contribution in [0.15, 0.2) is 29.2 Å². The van der Waals surface area contributed by atoms with Gasteiger partial charge in [0.05, 0.1) is 22.8 Å². The molecule has 0 aliphatic carbocycles. The predicted molar refractivity (Wildman–Crippen MR) is 101 cm³/mol. The minimum Gasteiger partial charge on any atom is -0.350 e. The molecule has 130 valence electrons. The standard InChI is InChI=1S/C19H21N3O2S/c1-5-17-21-12(3)16(25-17)9-20-19(24)14-10-22(4)15-7-6-11(2)8-13(15)18(14)23/h6-8,10H,5,9H2,1-4H3,(H,20,24). The maximum Gasteiger partial charge on any atom is 0.257 e. The van der Waals surface area contributed by atoms with E-state index in [2.05, 4.69) is 17.2 Å². The zero-order valence-electron chi connectivity index (χ0n) is 14.8. The Kier molecular flexibility index (Phi) is 4.72. The van der Waals surface area contributed by atoms with E-state index in [0.29, 0.717) is 11.9 Å². The number of carbonyl (C=O) groups excluding carboxylic acids is 1. The topological polar surface area (TPSA) is 64.0 Å². The van der Waals surface area contributed by atoms with Crippen molar-refractivity contribution in [2.75, 3.05) is 0 Å². The molecule has 0 saturated carbocycles. The summed E-state index contributed by atoms with van der Waals surface area (Å²) in [5.74, 6) is -0.352. The molecular weight excluding hydrogens is 334 g/mol. The van der Waals surface area contributed by atoms with E-state index in [-0.39, 0.29) is 16.9 Å². The molecule has 1 N–H and O–H groups in total. The van der Waals surface area contributed by atoms with Crippen molar-refractivity contribution in [2.24, 2.45) is 7.05 Å². The van der Waals surface area contributed by atoms with Gasteiger partial charge < -0.3 is 9.88 Å². The summed E-state index contributed by atoms with van der Waals surface area (Å²) < 4.78 is 1.82. The summed E-state index contributed by atoms with van der Waals surface area (Å²) in [6, 6.07) is 5.69. The van der Waals surface area contributed by atoms with Crippen LogP contribution in [0.2, 0.25) is 0 Å². The molecule has 5 nitrogen and oxygen atoms in total. The van der Waals surface area contributed by atoms with Crippen LogP contribution in [-0.2, 0) is 20.0 Å². The number of nitrogens with zero attached hydrogens (tertiary/aromatic N) is 2. The number of rotatable bonds is 4. The Morgan fingerprint density at radius 3 is 2.76 bits per heavy atom. The summed E-state index contributed by atoms with van der Waals surface area (Å²) in [6.45, 7) is 6.32. The molecule has 2 aromatic heterocycles. The number of fused-ring (bicyclic) bond motifs is 1. The average Bonchev–Trinajstić information content (AvgIpc) is 2.96. The summed E-state index contributed by atoms with van der Waals surface area (Å²) in [5, 5.41) is 4.48. The third kappa shape index (κ3) is 3.35. The molecule has 0 fully saturated rings. The lowest BCUT2D eigenvalue weighted by Gasteiger charge is -2.10. The van der Waals surface area contributed by atoms with Crippen LogP contribution in [0, 0.1) is 13.8 Å². The van der Waals surface area contributed by atoms with Gasteiger partial charge in [-0.05, 0) is 32.4 Å². The second-order valence-electron chi connectivity index (χ2n) is 6.16. The first kappa shape index (κ1) is 17.4. The lowest BCUT2D eigenvalue weighted by molar-refractivity contribution is 0.0949. The summed E-state index contributed by atoms with van der Waals surface area (Å²) in [6.07, 6.45) is 2.48. The van der Waals surface area contributed by atoms with Crippen LogP contribution in [0.5, 0.6) is 0 Å². The van der Waals surface area contributed by atoms with Crippen molar-refractivity contribution in [2.45, 2.75) is 33.7 Å². The van der Waals surface area contributed by atoms with Crippen molar-refractivity contribution in [3.63, 3.8) is 0 Å². The average molecular weight is 355 g/mol. The molecule has 0 radical (unpaired) electrons. The van der Waals surface area contributed by atoms with Gasteiger partial charge in [0, 0.05) is 23.5 Å². The van der Waals surface area contributed by atoms with Gasteiger partial charge in [0.15, 0.2) is 0 Å². The number of pyridine rings is 1. The van der Waals surface area contributed by atoms with Gasteiger partial charge in [-0.1, -0.05) is 18.6 Å². The molecular formula is C19H21N3O2S. The van der Waals surface area contributed by atoms with E-state index in [0.717, 1.165) is 33.1 Å². The maximum atomic E-state index is 12.7. The molecule has 0 saturated heterocycles. The lowest BCUT2D eigenvalue weighted by Crippen LogP contribution is -2.29. The normalized spacial score (nSPS) is 11.0. The largest absolute Gasteiger partial charge is 0.350 e. The van der Waals surface area contributed by atoms with Crippen molar-refractivity contribution >= 4 is 28.1 Å². The molecule has 3 aromatic rings. The second-order valence-corrected chi connectivity index (χ2v) is 7.32. The Labute approximate surface area is 150 Å². The van der Waals surface area contributed by atoms with Crippen LogP contribution in [0.25, 0.3) is 10.9 Å². The number of aryl methyl sites for hydroxylation is 4. The number of aromatic nitrogens is 2. The van der Waals surface area contributed by atoms with E-state index in [1.54, 1.807) is 17.5 Å². The highest BCUT2D eigenvalue weighted by Gasteiger charge is 2.15. The summed E-state index contributed by atoms with van der Waals surface area (Å²) in [4.78, 5) is 30.8. The highest BCUT2D eigenvalue weighted by atomic mass is 32.1. The fourth-order valence-corrected chi connectivity index (χ4v) is 3.78. The van der Waals surface area contributed by atoms with Gasteiger partial charge in [0.25, 0.3) is 5.91 Å². The van der Waals surface area contributed by atoms with Crippen LogP contribution < -0.4 is 10.7 Å². The van der Waals surface area contributed by atoms with E-state index in [1.165, 1.54) is 0 Å². The van der Waals surface area contributed by atoms with Crippen LogP contribution in [0.4, 0.5) is 0 Å². The first-order valence-electron chi connectivity index (χ1n) is 8.24. The third-order valence-electron chi connectivity index (χ3n) is 4.24. The van der Waals surface area contributed by atoms with Crippen molar-refractivity contribution in [1.82, 2.24) is 14.9 Å². The van der Waals surface area contributed by atoms with Crippen molar-refractivity contribution in [3.8, 4) is 0 Å². The molecule has 6 heteroatoms. The van der Waals surface area contributed by atoms with Crippen LogP contribution in [-0.4, -0.2) is 15.5 Å². The van der Waals surface area contributed by atoms with Gasteiger partial charge in [-0.15, -0.1) is 11.3 Å². The minimum absolute atomic E-state index is 0.165. The number of carbonyl (C=O) groups is 1. The highest BCUT2D eigenvalue weighted by Crippen LogP contribution is 2.18. The molecule has 0 unspecified atom stereocenters. The smallest absolute Gasteiger partial charge is 0.257 e. The number of hydrogen-bond donors (Lipinski definition) is 1. The number of benzene rings is 1. The fourth-order valence-electron chi connectivity index (χ4n) is 2.83. The van der Waals surface area contributed by atoms with Crippen LogP contribution in [0.3, 0.4) is 0 Å². The first-order chi connectivity index (χ1) is 11.9. The zero-order chi connectivity index (χ0) is 18.1. The Bertz CT molecular complexity index is 1020. The molecule has 0 aliphatic rings. The number of nitrogens with one attached hydrogen (secondary N) is 1. The van der Waals surface area contributed by atoms with E-state index < -0.39 is 0 Å². The molecule has 0 bridgehead atoms. The Morgan fingerprint density at radius 1 is 1.32 bits per heavy atom. The van der Waals surface area contributed by atoms with Crippen LogP contribution in [0.1, 0.15) is 38.4 Å². The SMILES string of the molecule is CCc1nc(C)c(CNC(=O)c2cn(C)c3ccc(C)cc3c2=O)s1. The van der Waals surface area contributed by atoms with E-state index >= 15 is 0 Å². The Hall–Kier alpha value is -2.47. The zero-order valence-corrected chi connectivity index (χ0v) is 15.7. The summed E-state index contributed by atoms with van der Waals surface area (Å²) in [7, 11) is 1.84. The molecule has 3 rings (SSSR count). The highest BCUT2D eigenvalue weighted by molar-refractivity contribution is 7.11. The molecule has 0 atom stereocenters. The molecule has 1 aromatic carbocycles. The third-order valence-corrected chi connectivity index (χ3v) is 5.54.